The zero-order valence-corrected chi connectivity index (χ0v) is 11.6. The summed E-state index contributed by atoms with van der Waals surface area (Å²) in [5.74, 6) is -0.723. The lowest BCUT2D eigenvalue weighted by molar-refractivity contribution is -0.116. The molecule has 3 N–H and O–H groups in total. The second kappa shape index (κ2) is 6.56. The van der Waals surface area contributed by atoms with Gasteiger partial charge >= 0.3 is 5.97 Å². The molecule has 1 amide bonds. The van der Waals surface area contributed by atoms with E-state index in [-0.39, 0.29) is 12.5 Å². The van der Waals surface area contributed by atoms with Crippen LogP contribution in [0.15, 0.2) is 36.7 Å². The number of nitrogens with one attached hydrogen (secondary N) is 1. The number of hydrogen-bond acceptors (Lipinski definition) is 5. The molecule has 1 heterocycles. The molecule has 0 saturated carbocycles. The number of nitrogen functional groups attached to an aromatic ring is 1. The molecule has 0 radical (unpaired) electrons. The van der Waals surface area contributed by atoms with Crippen LogP contribution in [0.4, 0.5) is 11.4 Å². The molecule has 0 aliphatic heterocycles. The fourth-order valence-electron chi connectivity index (χ4n) is 1.73. The van der Waals surface area contributed by atoms with Gasteiger partial charge in [-0.05, 0) is 25.1 Å². The Morgan fingerprint density at radius 1 is 1.43 bits per heavy atom. The van der Waals surface area contributed by atoms with E-state index in [0.717, 1.165) is 0 Å². The van der Waals surface area contributed by atoms with Crippen molar-refractivity contribution in [2.24, 2.45) is 0 Å². The van der Waals surface area contributed by atoms with Crippen LogP contribution in [0.2, 0.25) is 0 Å². The molecule has 1 aromatic carbocycles. The van der Waals surface area contributed by atoms with Crippen LogP contribution >= 0.6 is 0 Å². The maximum absolute atomic E-state index is 11.9. The Kier molecular flexibility index (Phi) is 4.55. The van der Waals surface area contributed by atoms with E-state index in [1.54, 1.807) is 31.2 Å². The number of nitrogens with zero attached hydrogens (tertiary/aromatic N) is 2. The minimum Gasteiger partial charge on any atom is -0.462 e. The number of ether oxygens (including phenoxy) is 1. The Balaban J connectivity index is 1.95. The van der Waals surface area contributed by atoms with Crippen molar-refractivity contribution in [3.8, 4) is 0 Å². The van der Waals surface area contributed by atoms with Crippen LogP contribution in [0.5, 0.6) is 0 Å². The first-order valence-corrected chi connectivity index (χ1v) is 6.43. The van der Waals surface area contributed by atoms with Crippen molar-refractivity contribution in [3.63, 3.8) is 0 Å². The summed E-state index contributed by atoms with van der Waals surface area (Å²) in [7, 11) is 0. The van der Waals surface area contributed by atoms with Gasteiger partial charge in [-0.15, -0.1) is 0 Å². The summed E-state index contributed by atoms with van der Waals surface area (Å²) >= 11 is 0. The van der Waals surface area contributed by atoms with Gasteiger partial charge in [0.25, 0.3) is 0 Å². The van der Waals surface area contributed by atoms with Crippen molar-refractivity contribution in [1.29, 1.82) is 0 Å². The summed E-state index contributed by atoms with van der Waals surface area (Å²) in [6.07, 6.45) is 2.84. The number of nitrogens with two attached hydrogens (primary N) is 1. The molecule has 0 aliphatic rings. The molecular weight excluding hydrogens is 272 g/mol. The lowest BCUT2D eigenvalue weighted by Crippen LogP contribution is -2.19. The summed E-state index contributed by atoms with van der Waals surface area (Å²) in [6.45, 7) is 2.01. The smallest absolute Gasteiger partial charge is 0.341 e. The third kappa shape index (κ3) is 4.07. The van der Waals surface area contributed by atoms with Gasteiger partial charge < -0.3 is 15.8 Å². The Hall–Kier alpha value is -2.83. The average molecular weight is 288 g/mol. The number of aromatic nitrogens is 2. The number of esters is 1. The second-order valence-corrected chi connectivity index (χ2v) is 4.32. The molecule has 0 unspecified atom stereocenters. The standard InChI is InChI=1S/C14H16N4O3/c1-2-21-14(20)10-7-16-18(8-10)9-13(19)17-12-5-3-4-11(15)6-12/h3-8H,2,9,15H2,1H3,(H,17,19). The first-order chi connectivity index (χ1) is 10.1. The zero-order valence-electron chi connectivity index (χ0n) is 11.6. The quantitative estimate of drug-likeness (QED) is 0.638. The van der Waals surface area contributed by atoms with Crippen LogP contribution in [0.3, 0.4) is 0 Å². The summed E-state index contributed by atoms with van der Waals surface area (Å²) in [4.78, 5) is 23.4. The SMILES string of the molecule is CCOC(=O)c1cnn(CC(=O)Nc2cccc(N)c2)c1. The van der Waals surface area contributed by atoms with E-state index in [1.807, 2.05) is 0 Å². The van der Waals surface area contributed by atoms with E-state index in [0.29, 0.717) is 23.5 Å². The molecule has 0 spiro atoms. The second-order valence-electron chi connectivity index (χ2n) is 4.32. The minimum absolute atomic E-state index is 0.00575. The summed E-state index contributed by atoms with van der Waals surface area (Å²) in [5.41, 5.74) is 7.12. The molecule has 1 aromatic heterocycles. The van der Waals surface area contributed by atoms with Gasteiger partial charge in [0, 0.05) is 17.6 Å². The molecule has 0 aliphatic carbocycles. The van der Waals surface area contributed by atoms with Crippen molar-refractivity contribution >= 4 is 23.3 Å². The van der Waals surface area contributed by atoms with E-state index >= 15 is 0 Å². The largest absolute Gasteiger partial charge is 0.462 e. The zero-order chi connectivity index (χ0) is 15.2. The van der Waals surface area contributed by atoms with Gasteiger partial charge in [0.15, 0.2) is 0 Å². The Morgan fingerprint density at radius 3 is 2.95 bits per heavy atom. The highest BCUT2D eigenvalue weighted by atomic mass is 16.5. The third-order valence-electron chi connectivity index (χ3n) is 2.62. The number of carbonyl (C=O) groups excluding carboxylic acids is 2. The van der Waals surface area contributed by atoms with Crippen LogP contribution in [-0.4, -0.2) is 28.3 Å². The number of amides is 1. The van der Waals surface area contributed by atoms with Gasteiger partial charge in [-0.3, -0.25) is 9.48 Å². The van der Waals surface area contributed by atoms with Gasteiger partial charge in [-0.25, -0.2) is 4.79 Å². The minimum atomic E-state index is -0.458. The fourth-order valence-corrected chi connectivity index (χ4v) is 1.73. The van der Waals surface area contributed by atoms with E-state index in [4.69, 9.17) is 10.5 Å². The van der Waals surface area contributed by atoms with Gasteiger partial charge in [0.05, 0.1) is 18.4 Å². The number of benzene rings is 1. The van der Waals surface area contributed by atoms with Crippen molar-refractivity contribution in [1.82, 2.24) is 9.78 Å². The molecule has 2 aromatic rings. The maximum Gasteiger partial charge on any atom is 0.341 e. The monoisotopic (exact) mass is 288 g/mol. The normalized spacial score (nSPS) is 10.1. The topological polar surface area (TPSA) is 99.2 Å². The van der Waals surface area contributed by atoms with Crippen LogP contribution < -0.4 is 11.1 Å². The summed E-state index contributed by atoms with van der Waals surface area (Å²) in [6, 6.07) is 6.87. The first kappa shape index (κ1) is 14.6. The third-order valence-corrected chi connectivity index (χ3v) is 2.62. The van der Waals surface area contributed by atoms with Crippen molar-refractivity contribution in [2.75, 3.05) is 17.7 Å². The number of rotatable bonds is 5. The first-order valence-electron chi connectivity index (χ1n) is 6.43. The molecular formula is C14H16N4O3. The molecule has 21 heavy (non-hydrogen) atoms. The molecule has 0 saturated heterocycles. The number of hydrogen-bond donors (Lipinski definition) is 2. The lowest BCUT2D eigenvalue weighted by atomic mass is 10.3. The Morgan fingerprint density at radius 2 is 2.24 bits per heavy atom. The van der Waals surface area contributed by atoms with Crippen LogP contribution in [0, 0.1) is 0 Å². The predicted molar refractivity (Wildman–Crippen MR) is 77.7 cm³/mol. The van der Waals surface area contributed by atoms with Gasteiger partial charge in [-0.2, -0.15) is 5.10 Å². The maximum atomic E-state index is 11.9. The van der Waals surface area contributed by atoms with Gasteiger partial charge in [-0.1, -0.05) is 6.07 Å². The molecule has 0 fully saturated rings. The van der Waals surface area contributed by atoms with Crippen molar-refractivity contribution < 1.29 is 14.3 Å². The van der Waals surface area contributed by atoms with Gasteiger partial charge in [0.2, 0.25) is 5.91 Å². The molecule has 0 atom stereocenters. The number of anilines is 2. The highest BCUT2D eigenvalue weighted by molar-refractivity contribution is 5.91. The van der Waals surface area contributed by atoms with Crippen LogP contribution in [-0.2, 0) is 16.1 Å². The molecule has 7 nitrogen and oxygen atoms in total. The van der Waals surface area contributed by atoms with Crippen LogP contribution in [0.1, 0.15) is 17.3 Å². The fraction of sp³-hybridized carbons (Fsp3) is 0.214. The highest BCUT2D eigenvalue weighted by Crippen LogP contribution is 2.11. The molecule has 110 valence electrons. The van der Waals surface area contributed by atoms with E-state index in [9.17, 15) is 9.59 Å². The number of carbonyl (C=O) groups is 2. The molecule has 0 bridgehead atoms. The highest BCUT2D eigenvalue weighted by Gasteiger charge is 2.11. The van der Waals surface area contributed by atoms with Crippen LogP contribution in [0.25, 0.3) is 0 Å². The summed E-state index contributed by atoms with van der Waals surface area (Å²) in [5, 5.41) is 6.65. The van der Waals surface area contributed by atoms with E-state index < -0.39 is 5.97 Å². The lowest BCUT2D eigenvalue weighted by Gasteiger charge is -2.05. The summed E-state index contributed by atoms with van der Waals surface area (Å²) < 4.78 is 6.22. The van der Waals surface area contributed by atoms with E-state index in [2.05, 4.69) is 10.4 Å². The predicted octanol–water partition coefficient (Wildman–Crippen LogP) is 1.28. The van der Waals surface area contributed by atoms with Gasteiger partial charge in [0.1, 0.15) is 6.54 Å². The Bertz CT molecular complexity index is 651. The Labute approximate surface area is 121 Å². The van der Waals surface area contributed by atoms with Crippen molar-refractivity contribution in [2.45, 2.75) is 13.5 Å². The molecule has 2 rings (SSSR count). The van der Waals surface area contributed by atoms with Crippen molar-refractivity contribution in [3.05, 3.63) is 42.2 Å². The van der Waals surface area contributed by atoms with E-state index in [1.165, 1.54) is 17.1 Å². The average Bonchev–Trinajstić information content (AvgIpc) is 2.87. The molecule has 7 heteroatoms.